The summed E-state index contributed by atoms with van der Waals surface area (Å²) >= 11 is 0. The van der Waals surface area contributed by atoms with E-state index < -0.39 is 5.97 Å². The molecule has 6 heteroatoms. The molecule has 0 aliphatic heterocycles. The minimum Gasteiger partial charge on any atom is -0.497 e. The highest BCUT2D eigenvalue weighted by molar-refractivity contribution is 5.97. The van der Waals surface area contributed by atoms with E-state index in [0.717, 1.165) is 25.0 Å². The molecule has 1 unspecified atom stereocenters. The van der Waals surface area contributed by atoms with Crippen LogP contribution in [-0.2, 0) is 17.6 Å². The SMILES string of the molecule is COc1ccc2c(c1)CCCC2CNC(=O)c1c(C)coc1CC(=O)O. The van der Waals surface area contributed by atoms with Crippen molar-refractivity contribution in [3.05, 3.63) is 52.5 Å². The molecule has 0 bridgehead atoms. The predicted octanol–water partition coefficient (Wildman–Crippen LogP) is 3.07. The van der Waals surface area contributed by atoms with Gasteiger partial charge in [0.2, 0.25) is 0 Å². The van der Waals surface area contributed by atoms with Crippen LogP contribution in [0.4, 0.5) is 0 Å². The average molecular weight is 357 g/mol. The first-order chi connectivity index (χ1) is 12.5. The zero-order chi connectivity index (χ0) is 18.7. The van der Waals surface area contributed by atoms with Crippen molar-refractivity contribution in [1.82, 2.24) is 5.32 Å². The number of carboxylic acid groups (broad SMARTS) is 1. The number of rotatable bonds is 6. The second kappa shape index (κ2) is 7.64. The van der Waals surface area contributed by atoms with Gasteiger partial charge in [0, 0.05) is 18.0 Å². The van der Waals surface area contributed by atoms with Crippen molar-refractivity contribution in [2.45, 2.75) is 38.5 Å². The number of amides is 1. The third-order valence-corrected chi connectivity index (χ3v) is 4.89. The van der Waals surface area contributed by atoms with E-state index in [0.29, 0.717) is 17.7 Å². The maximum absolute atomic E-state index is 12.6. The lowest BCUT2D eigenvalue weighted by Crippen LogP contribution is -2.30. The largest absolute Gasteiger partial charge is 0.497 e. The molecule has 1 aliphatic rings. The van der Waals surface area contributed by atoms with E-state index in [2.05, 4.69) is 17.4 Å². The molecule has 6 nitrogen and oxygen atoms in total. The summed E-state index contributed by atoms with van der Waals surface area (Å²) in [6.07, 6.45) is 4.21. The number of benzene rings is 1. The number of nitrogens with one attached hydrogen (secondary N) is 1. The highest BCUT2D eigenvalue weighted by Gasteiger charge is 2.24. The van der Waals surface area contributed by atoms with Gasteiger partial charge in [-0.1, -0.05) is 6.07 Å². The van der Waals surface area contributed by atoms with Gasteiger partial charge in [-0.05, 0) is 49.4 Å². The van der Waals surface area contributed by atoms with Crippen molar-refractivity contribution >= 4 is 11.9 Å². The fourth-order valence-electron chi connectivity index (χ4n) is 3.60. The Morgan fingerprint density at radius 3 is 2.92 bits per heavy atom. The van der Waals surface area contributed by atoms with E-state index in [1.165, 1.54) is 17.4 Å². The Labute approximate surface area is 152 Å². The molecule has 1 amide bonds. The zero-order valence-electron chi connectivity index (χ0n) is 15.0. The molecule has 0 saturated carbocycles. The van der Waals surface area contributed by atoms with E-state index in [1.54, 1.807) is 14.0 Å². The van der Waals surface area contributed by atoms with Crippen LogP contribution in [0.3, 0.4) is 0 Å². The van der Waals surface area contributed by atoms with Crippen LogP contribution in [0.25, 0.3) is 0 Å². The summed E-state index contributed by atoms with van der Waals surface area (Å²) in [6.45, 7) is 2.25. The first kappa shape index (κ1) is 18.0. The van der Waals surface area contributed by atoms with Crippen molar-refractivity contribution in [2.24, 2.45) is 0 Å². The van der Waals surface area contributed by atoms with E-state index in [1.807, 2.05) is 6.07 Å². The van der Waals surface area contributed by atoms with Gasteiger partial charge in [0.05, 0.1) is 18.9 Å². The molecule has 2 aromatic rings. The quantitative estimate of drug-likeness (QED) is 0.829. The van der Waals surface area contributed by atoms with Gasteiger partial charge in [0.15, 0.2) is 0 Å². The summed E-state index contributed by atoms with van der Waals surface area (Å²) in [5.74, 6) is -0.0255. The van der Waals surface area contributed by atoms with Gasteiger partial charge in [0.1, 0.15) is 17.9 Å². The molecular formula is C20H23NO5. The summed E-state index contributed by atoms with van der Waals surface area (Å²) in [4.78, 5) is 23.5. The van der Waals surface area contributed by atoms with Gasteiger partial charge in [-0.15, -0.1) is 0 Å². The lowest BCUT2D eigenvalue weighted by Gasteiger charge is -2.26. The Morgan fingerprint density at radius 1 is 1.38 bits per heavy atom. The smallest absolute Gasteiger partial charge is 0.311 e. The molecule has 0 saturated heterocycles. The number of hydrogen-bond donors (Lipinski definition) is 2. The molecule has 1 aromatic carbocycles. The molecule has 1 aliphatic carbocycles. The summed E-state index contributed by atoms with van der Waals surface area (Å²) in [7, 11) is 1.66. The molecule has 1 heterocycles. The molecule has 26 heavy (non-hydrogen) atoms. The topological polar surface area (TPSA) is 88.8 Å². The number of fused-ring (bicyclic) bond motifs is 1. The summed E-state index contributed by atoms with van der Waals surface area (Å²) in [6, 6.07) is 6.09. The molecule has 1 atom stereocenters. The highest BCUT2D eigenvalue weighted by atomic mass is 16.5. The third kappa shape index (κ3) is 3.74. The Morgan fingerprint density at radius 2 is 2.19 bits per heavy atom. The number of carboxylic acids is 1. The van der Waals surface area contributed by atoms with Gasteiger partial charge in [-0.3, -0.25) is 9.59 Å². The van der Waals surface area contributed by atoms with Crippen molar-refractivity contribution in [2.75, 3.05) is 13.7 Å². The number of methoxy groups -OCH3 is 1. The lowest BCUT2D eigenvalue weighted by molar-refractivity contribution is -0.136. The minimum atomic E-state index is -1.02. The number of furan rings is 1. The Bertz CT molecular complexity index is 824. The van der Waals surface area contributed by atoms with Crippen molar-refractivity contribution < 1.29 is 23.8 Å². The third-order valence-electron chi connectivity index (χ3n) is 4.89. The van der Waals surface area contributed by atoms with E-state index in [4.69, 9.17) is 14.3 Å². The number of carbonyl (C=O) groups is 2. The molecular weight excluding hydrogens is 334 g/mol. The van der Waals surface area contributed by atoms with Crippen molar-refractivity contribution in [3.63, 3.8) is 0 Å². The fourth-order valence-corrected chi connectivity index (χ4v) is 3.60. The second-order valence-corrected chi connectivity index (χ2v) is 6.65. The maximum Gasteiger partial charge on any atom is 0.311 e. The summed E-state index contributed by atoms with van der Waals surface area (Å²) in [5, 5.41) is 11.9. The zero-order valence-corrected chi connectivity index (χ0v) is 15.0. The normalized spacial score (nSPS) is 16.0. The molecule has 2 N–H and O–H groups in total. The van der Waals surface area contributed by atoms with Crippen LogP contribution in [0.15, 0.2) is 28.9 Å². The Balaban J connectivity index is 1.72. The van der Waals surface area contributed by atoms with Crippen LogP contribution in [-0.4, -0.2) is 30.6 Å². The predicted molar refractivity (Wildman–Crippen MR) is 95.8 cm³/mol. The molecule has 0 fully saturated rings. The van der Waals surface area contributed by atoms with Crippen LogP contribution >= 0.6 is 0 Å². The molecule has 1 aromatic heterocycles. The monoisotopic (exact) mass is 357 g/mol. The van der Waals surface area contributed by atoms with Crippen LogP contribution in [0, 0.1) is 6.92 Å². The van der Waals surface area contributed by atoms with E-state index >= 15 is 0 Å². The summed E-state index contributed by atoms with van der Waals surface area (Å²) in [5.41, 5.74) is 3.48. The Kier molecular flexibility index (Phi) is 5.30. The van der Waals surface area contributed by atoms with E-state index in [9.17, 15) is 9.59 Å². The van der Waals surface area contributed by atoms with Crippen LogP contribution in [0.1, 0.15) is 51.6 Å². The summed E-state index contributed by atoms with van der Waals surface area (Å²) < 4.78 is 10.5. The number of aliphatic carboxylic acids is 1. The number of carbonyl (C=O) groups excluding carboxylic acids is 1. The highest BCUT2D eigenvalue weighted by Crippen LogP contribution is 2.33. The Hall–Kier alpha value is -2.76. The van der Waals surface area contributed by atoms with Crippen molar-refractivity contribution in [1.29, 1.82) is 0 Å². The van der Waals surface area contributed by atoms with E-state index in [-0.39, 0.29) is 24.0 Å². The van der Waals surface area contributed by atoms with Crippen LogP contribution in [0.2, 0.25) is 0 Å². The van der Waals surface area contributed by atoms with Crippen LogP contribution < -0.4 is 10.1 Å². The number of ether oxygens (including phenoxy) is 1. The van der Waals surface area contributed by atoms with Gasteiger partial charge in [0.25, 0.3) is 5.91 Å². The standard InChI is InChI=1S/C20H23NO5/c1-12-11-26-17(9-18(22)23)19(12)20(24)21-10-14-5-3-4-13-8-15(25-2)6-7-16(13)14/h6-8,11,14H,3-5,9-10H2,1-2H3,(H,21,24)(H,22,23). The van der Waals surface area contributed by atoms with Crippen LogP contribution in [0.5, 0.6) is 5.75 Å². The van der Waals surface area contributed by atoms with Gasteiger partial charge < -0.3 is 19.6 Å². The van der Waals surface area contributed by atoms with Crippen molar-refractivity contribution in [3.8, 4) is 5.75 Å². The molecule has 138 valence electrons. The first-order valence-electron chi connectivity index (χ1n) is 8.73. The maximum atomic E-state index is 12.6. The average Bonchev–Trinajstić information content (AvgIpc) is 2.98. The van der Waals surface area contributed by atoms with Gasteiger partial charge in [-0.25, -0.2) is 0 Å². The fraction of sp³-hybridized carbons (Fsp3) is 0.400. The minimum absolute atomic E-state index is 0.196. The lowest BCUT2D eigenvalue weighted by atomic mass is 9.82. The van der Waals surface area contributed by atoms with Gasteiger partial charge in [-0.2, -0.15) is 0 Å². The molecule has 0 spiro atoms. The second-order valence-electron chi connectivity index (χ2n) is 6.65. The first-order valence-corrected chi connectivity index (χ1v) is 8.73. The number of aryl methyl sites for hydroxylation is 2. The molecule has 0 radical (unpaired) electrons. The molecule has 3 rings (SSSR count). The van der Waals surface area contributed by atoms with Gasteiger partial charge >= 0.3 is 5.97 Å². The number of hydrogen-bond acceptors (Lipinski definition) is 4.